The van der Waals surface area contributed by atoms with Gasteiger partial charge in [-0.15, -0.1) is 0 Å². The SMILES string of the molecule is N=C(N)NCCC[C@H](N)C(=O)OC(=O)c1ccccc1O. The summed E-state index contributed by atoms with van der Waals surface area (Å²) in [7, 11) is 0. The average Bonchev–Trinajstić information content (AvgIpc) is 2.43. The molecule has 0 bridgehead atoms. The van der Waals surface area contributed by atoms with E-state index in [-0.39, 0.29) is 23.7 Å². The number of benzene rings is 1. The number of ether oxygens (including phenoxy) is 1. The van der Waals surface area contributed by atoms with Crippen LogP contribution >= 0.6 is 0 Å². The minimum Gasteiger partial charge on any atom is -0.507 e. The predicted octanol–water partition coefficient (Wildman–Crippen LogP) is -0.334. The number of carbonyl (C=O) groups is 2. The third-order valence-electron chi connectivity index (χ3n) is 2.63. The maximum atomic E-state index is 11.7. The molecule has 1 rings (SSSR count). The molecule has 0 unspecified atom stereocenters. The molecule has 0 amide bonds. The van der Waals surface area contributed by atoms with Crippen LogP contribution in [0.1, 0.15) is 23.2 Å². The highest BCUT2D eigenvalue weighted by Crippen LogP contribution is 2.16. The molecule has 0 fully saturated rings. The summed E-state index contributed by atoms with van der Waals surface area (Å²) in [6.45, 7) is 0.393. The zero-order valence-corrected chi connectivity index (χ0v) is 11.3. The zero-order chi connectivity index (χ0) is 15.8. The summed E-state index contributed by atoms with van der Waals surface area (Å²) >= 11 is 0. The van der Waals surface area contributed by atoms with E-state index in [1.807, 2.05) is 0 Å². The lowest BCUT2D eigenvalue weighted by atomic mass is 10.1. The van der Waals surface area contributed by atoms with Gasteiger partial charge in [-0.05, 0) is 25.0 Å². The quantitative estimate of drug-likeness (QED) is 0.158. The number of phenolic OH excluding ortho intramolecular Hbond substituents is 1. The summed E-state index contributed by atoms with van der Waals surface area (Å²) in [5.41, 5.74) is 10.6. The van der Waals surface area contributed by atoms with E-state index in [1.165, 1.54) is 18.2 Å². The minimum atomic E-state index is -0.964. The van der Waals surface area contributed by atoms with Crippen molar-refractivity contribution >= 4 is 17.9 Å². The number of nitrogens with one attached hydrogen (secondary N) is 2. The second-order valence-corrected chi connectivity index (χ2v) is 4.31. The normalized spacial score (nSPS) is 11.5. The van der Waals surface area contributed by atoms with Gasteiger partial charge in [0.2, 0.25) is 0 Å². The molecule has 0 saturated heterocycles. The van der Waals surface area contributed by atoms with Crippen molar-refractivity contribution in [3.8, 4) is 5.75 Å². The molecule has 0 aliphatic carbocycles. The molecule has 0 heterocycles. The summed E-state index contributed by atoms with van der Waals surface area (Å²) in [5, 5.41) is 19.0. The second-order valence-electron chi connectivity index (χ2n) is 4.31. The fraction of sp³-hybridized carbons (Fsp3) is 0.308. The molecular weight excluding hydrogens is 276 g/mol. The number of rotatable bonds is 6. The van der Waals surface area contributed by atoms with Gasteiger partial charge in [0.05, 0.1) is 0 Å². The van der Waals surface area contributed by atoms with E-state index in [0.29, 0.717) is 13.0 Å². The molecule has 0 radical (unpaired) electrons. The van der Waals surface area contributed by atoms with Crippen LogP contribution in [0.4, 0.5) is 0 Å². The molecule has 1 atom stereocenters. The lowest BCUT2D eigenvalue weighted by molar-refractivity contribution is -0.139. The third kappa shape index (κ3) is 5.49. The molecular formula is C13H18N4O4. The Bertz CT molecular complexity index is 533. The summed E-state index contributed by atoms with van der Waals surface area (Å²) in [6, 6.07) is 4.77. The van der Waals surface area contributed by atoms with Crippen molar-refractivity contribution < 1.29 is 19.4 Å². The number of nitrogens with two attached hydrogens (primary N) is 2. The van der Waals surface area contributed by atoms with Crippen molar-refractivity contribution in [3.63, 3.8) is 0 Å². The van der Waals surface area contributed by atoms with Crippen LogP contribution < -0.4 is 16.8 Å². The first kappa shape index (κ1) is 16.4. The van der Waals surface area contributed by atoms with Crippen LogP contribution in [0.15, 0.2) is 24.3 Å². The van der Waals surface area contributed by atoms with Gasteiger partial charge < -0.3 is 26.6 Å². The van der Waals surface area contributed by atoms with Crippen molar-refractivity contribution in [2.75, 3.05) is 6.54 Å². The molecule has 1 aromatic carbocycles. The molecule has 0 aliphatic heterocycles. The lowest BCUT2D eigenvalue weighted by Crippen LogP contribution is -2.36. The van der Waals surface area contributed by atoms with Gasteiger partial charge in [-0.3, -0.25) is 5.41 Å². The zero-order valence-electron chi connectivity index (χ0n) is 11.3. The van der Waals surface area contributed by atoms with E-state index < -0.39 is 18.0 Å². The third-order valence-corrected chi connectivity index (χ3v) is 2.63. The van der Waals surface area contributed by atoms with Gasteiger partial charge in [0.15, 0.2) is 5.96 Å². The summed E-state index contributed by atoms with van der Waals surface area (Å²) in [5.74, 6) is -2.25. The molecule has 1 aromatic rings. The Morgan fingerprint density at radius 3 is 2.67 bits per heavy atom. The molecule has 0 aliphatic rings. The van der Waals surface area contributed by atoms with Gasteiger partial charge in [-0.25, -0.2) is 9.59 Å². The molecule has 7 N–H and O–H groups in total. The number of aromatic hydroxyl groups is 1. The van der Waals surface area contributed by atoms with Crippen LogP contribution in [-0.4, -0.2) is 35.6 Å². The van der Waals surface area contributed by atoms with Crippen LogP contribution in [0.2, 0.25) is 0 Å². The Balaban J connectivity index is 2.43. The van der Waals surface area contributed by atoms with Gasteiger partial charge in [0.1, 0.15) is 17.4 Å². The largest absolute Gasteiger partial charge is 0.507 e. The first-order valence-corrected chi connectivity index (χ1v) is 6.29. The molecule has 8 nitrogen and oxygen atoms in total. The van der Waals surface area contributed by atoms with E-state index >= 15 is 0 Å². The van der Waals surface area contributed by atoms with Crippen LogP contribution in [0, 0.1) is 5.41 Å². The summed E-state index contributed by atoms with van der Waals surface area (Å²) < 4.78 is 4.61. The maximum absolute atomic E-state index is 11.7. The smallest absolute Gasteiger partial charge is 0.349 e. The van der Waals surface area contributed by atoms with Gasteiger partial charge in [0, 0.05) is 6.54 Å². The van der Waals surface area contributed by atoms with Crippen LogP contribution in [0.3, 0.4) is 0 Å². The number of hydrogen-bond acceptors (Lipinski definition) is 6. The molecule has 8 heteroatoms. The number of guanidine groups is 1. The van der Waals surface area contributed by atoms with E-state index in [2.05, 4.69) is 10.1 Å². The van der Waals surface area contributed by atoms with E-state index in [4.69, 9.17) is 16.9 Å². The molecule has 0 saturated carbocycles. The summed E-state index contributed by atoms with van der Waals surface area (Å²) in [4.78, 5) is 23.3. The Morgan fingerprint density at radius 1 is 1.38 bits per heavy atom. The first-order chi connectivity index (χ1) is 9.91. The molecule has 0 aromatic heterocycles. The van der Waals surface area contributed by atoms with Crippen molar-refractivity contribution in [3.05, 3.63) is 29.8 Å². The molecule has 21 heavy (non-hydrogen) atoms. The number of phenols is 1. The second kappa shape index (κ2) is 7.85. The van der Waals surface area contributed by atoms with E-state index in [9.17, 15) is 14.7 Å². The Labute approximate surface area is 121 Å². The highest BCUT2D eigenvalue weighted by atomic mass is 16.6. The fourth-order valence-corrected chi connectivity index (χ4v) is 1.53. The maximum Gasteiger partial charge on any atom is 0.349 e. The summed E-state index contributed by atoms with van der Waals surface area (Å²) in [6.07, 6.45) is 0.758. The number of esters is 2. The first-order valence-electron chi connectivity index (χ1n) is 6.29. The van der Waals surface area contributed by atoms with E-state index in [0.717, 1.165) is 0 Å². The van der Waals surface area contributed by atoms with Crippen molar-refractivity contribution in [1.29, 1.82) is 5.41 Å². The van der Waals surface area contributed by atoms with Crippen molar-refractivity contribution in [2.24, 2.45) is 11.5 Å². The highest BCUT2D eigenvalue weighted by molar-refractivity contribution is 5.99. The van der Waals surface area contributed by atoms with Crippen LogP contribution in [-0.2, 0) is 9.53 Å². The Hall–Kier alpha value is -2.61. The predicted molar refractivity (Wildman–Crippen MR) is 75.7 cm³/mol. The van der Waals surface area contributed by atoms with Gasteiger partial charge in [-0.2, -0.15) is 0 Å². The number of para-hydroxylation sites is 1. The highest BCUT2D eigenvalue weighted by Gasteiger charge is 2.21. The van der Waals surface area contributed by atoms with Crippen LogP contribution in [0.5, 0.6) is 5.75 Å². The van der Waals surface area contributed by atoms with Gasteiger partial charge in [-0.1, -0.05) is 12.1 Å². The van der Waals surface area contributed by atoms with E-state index in [1.54, 1.807) is 6.07 Å². The standard InChI is InChI=1S/C13H18N4O4/c14-9(5-3-7-17-13(15)16)12(20)21-11(19)8-4-1-2-6-10(8)18/h1-2,4,6,9,18H,3,5,7,14H2,(H4,15,16,17)/t9-/m0/s1. The van der Waals surface area contributed by atoms with Gasteiger partial charge >= 0.3 is 11.9 Å². The minimum absolute atomic E-state index is 0.101. The lowest BCUT2D eigenvalue weighted by Gasteiger charge is -2.11. The van der Waals surface area contributed by atoms with Crippen molar-refractivity contribution in [2.45, 2.75) is 18.9 Å². The average molecular weight is 294 g/mol. The van der Waals surface area contributed by atoms with Crippen molar-refractivity contribution in [1.82, 2.24) is 5.32 Å². The Morgan fingerprint density at radius 2 is 2.05 bits per heavy atom. The number of carbonyl (C=O) groups excluding carboxylic acids is 2. The van der Waals surface area contributed by atoms with Gasteiger partial charge in [0.25, 0.3) is 0 Å². The van der Waals surface area contributed by atoms with Crippen LogP contribution in [0.25, 0.3) is 0 Å². The topological polar surface area (TPSA) is 152 Å². The fourth-order valence-electron chi connectivity index (χ4n) is 1.53. The monoisotopic (exact) mass is 294 g/mol. The number of hydrogen-bond donors (Lipinski definition) is 5. The molecule has 0 spiro atoms. The molecule has 114 valence electrons. The Kier molecular flexibility index (Phi) is 6.15.